The number of rotatable bonds is 3. The molecule has 3 nitrogen and oxygen atoms in total. The Balaban J connectivity index is 1.80. The molecule has 1 aliphatic heterocycles. The molecular weight excluding hydrogens is 207 g/mol. The summed E-state index contributed by atoms with van der Waals surface area (Å²) in [6.07, 6.45) is 4.25. The van der Waals surface area contributed by atoms with Gasteiger partial charge in [-0.15, -0.1) is 0 Å². The highest BCUT2D eigenvalue weighted by molar-refractivity contribution is 5.76. The number of likely N-dealkylation sites (tertiary alicyclic amines) is 1. The SMILES string of the molecule is O=C(CCc1ccncc1)N1CCC(F)C1. The van der Waals surface area contributed by atoms with Crippen LogP contribution in [0.3, 0.4) is 0 Å². The zero-order valence-corrected chi connectivity index (χ0v) is 9.10. The van der Waals surface area contributed by atoms with Crippen molar-refractivity contribution in [2.45, 2.75) is 25.4 Å². The quantitative estimate of drug-likeness (QED) is 0.778. The zero-order valence-electron chi connectivity index (χ0n) is 9.10. The summed E-state index contributed by atoms with van der Waals surface area (Å²) in [6, 6.07) is 3.80. The van der Waals surface area contributed by atoms with Crippen LogP contribution in [0.25, 0.3) is 0 Å². The van der Waals surface area contributed by atoms with Gasteiger partial charge in [-0.25, -0.2) is 4.39 Å². The number of alkyl halides is 1. The highest BCUT2D eigenvalue weighted by Crippen LogP contribution is 2.14. The second-order valence-corrected chi connectivity index (χ2v) is 4.08. The third-order valence-electron chi connectivity index (χ3n) is 2.86. The average Bonchev–Trinajstić information content (AvgIpc) is 2.74. The van der Waals surface area contributed by atoms with E-state index in [0.29, 0.717) is 25.8 Å². The van der Waals surface area contributed by atoms with Gasteiger partial charge in [0.15, 0.2) is 0 Å². The molecule has 1 atom stereocenters. The minimum Gasteiger partial charge on any atom is -0.340 e. The van der Waals surface area contributed by atoms with E-state index in [1.165, 1.54) is 0 Å². The molecule has 1 fully saturated rings. The molecule has 1 aromatic heterocycles. The zero-order chi connectivity index (χ0) is 11.4. The van der Waals surface area contributed by atoms with Gasteiger partial charge in [-0.3, -0.25) is 9.78 Å². The maximum absolute atomic E-state index is 12.9. The van der Waals surface area contributed by atoms with E-state index in [9.17, 15) is 9.18 Å². The molecule has 1 saturated heterocycles. The van der Waals surface area contributed by atoms with Crippen molar-refractivity contribution in [3.8, 4) is 0 Å². The number of nitrogens with zero attached hydrogens (tertiary/aromatic N) is 2. The Morgan fingerprint density at radius 3 is 2.88 bits per heavy atom. The maximum atomic E-state index is 12.9. The highest BCUT2D eigenvalue weighted by Gasteiger charge is 2.25. The largest absolute Gasteiger partial charge is 0.340 e. The predicted molar refractivity (Wildman–Crippen MR) is 58.7 cm³/mol. The normalized spacial score (nSPS) is 20.1. The van der Waals surface area contributed by atoms with Crippen molar-refractivity contribution in [3.63, 3.8) is 0 Å². The number of hydrogen-bond donors (Lipinski definition) is 0. The van der Waals surface area contributed by atoms with E-state index in [1.54, 1.807) is 17.3 Å². The van der Waals surface area contributed by atoms with E-state index >= 15 is 0 Å². The maximum Gasteiger partial charge on any atom is 0.222 e. The number of carbonyl (C=O) groups excluding carboxylic acids is 1. The summed E-state index contributed by atoms with van der Waals surface area (Å²) in [7, 11) is 0. The number of carbonyl (C=O) groups is 1. The third kappa shape index (κ3) is 2.78. The number of hydrogen-bond acceptors (Lipinski definition) is 2. The molecule has 16 heavy (non-hydrogen) atoms. The molecule has 0 bridgehead atoms. The lowest BCUT2D eigenvalue weighted by Gasteiger charge is -2.14. The summed E-state index contributed by atoms with van der Waals surface area (Å²) in [4.78, 5) is 17.2. The summed E-state index contributed by atoms with van der Waals surface area (Å²) >= 11 is 0. The van der Waals surface area contributed by atoms with Crippen molar-refractivity contribution in [2.24, 2.45) is 0 Å². The first-order valence-corrected chi connectivity index (χ1v) is 5.56. The number of aryl methyl sites for hydroxylation is 1. The summed E-state index contributed by atoms with van der Waals surface area (Å²) in [5.74, 6) is 0.0527. The molecular formula is C12H15FN2O. The Bertz CT molecular complexity index is 355. The van der Waals surface area contributed by atoms with E-state index in [1.807, 2.05) is 12.1 Å². The standard InChI is InChI=1S/C12H15FN2O/c13-11-5-8-15(9-11)12(16)2-1-10-3-6-14-7-4-10/h3-4,6-7,11H,1-2,5,8-9H2. The van der Waals surface area contributed by atoms with Gasteiger partial charge in [-0.1, -0.05) is 0 Å². The lowest BCUT2D eigenvalue weighted by molar-refractivity contribution is -0.130. The minimum atomic E-state index is -0.829. The Morgan fingerprint density at radius 2 is 2.25 bits per heavy atom. The van der Waals surface area contributed by atoms with Crippen molar-refractivity contribution in [1.29, 1.82) is 0 Å². The van der Waals surface area contributed by atoms with Gasteiger partial charge in [0.1, 0.15) is 6.17 Å². The van der Waals surface area contributed by atoms with Crippen LogP contribution in [0.4, 0.5) is 4.39 Å². The Morgan fingerprint density at radius 1 is 1.50 bits per heavy atom. The molecule has 1 aliphatic rings. The molecule has 0 saturated carbocycles. The van der Waals surface area contributed by atoms with Crippen LogP contribution in [-0.2, 0) is 11.2 Å². The average molecular weight is 222 g/mol. The first kappa shape index (κ1) is 11.0. The molecule has 1 unspecified atom stereocenters. The number of halogens is 1. The smallest absolute Gasteiger partial charge is 0.222 e. The van der Waals surface area contributed by atoms with Crippen LogP contribution < -0.4 is 0 Å². The van der Waals surface area contributed by atoms with Gasteiger partial charge in [0, 0.05) is 25.4 Å². The number of aromatic nitrogens is 1. The molecule has 2 heterocycles. The van der Waals surface area contributed by atoms with Gasteiger partial charge in [0.2, 0.25) is 5.91 Å². The minimum absolute atomic E-state index is 0.0527. The van der Waals surface area contributed by atoms with Crippen molar-refractivity contribution < 1.29 is 9.18 Å². The predicted octanol–water partition coefficient (Wildman–Crippen LogP) is 1.58. The molecule has 1 aromatic rings. The molecule has 0 N–H and O–H groups in total. The van der Waals surface area contributed by atoms with Crippen molar-refractivity contribution in [1.82, 2.24) is 9.88 Å². The van der Waals surface area contributed by atoms with Gasteiger partial charge < -0.3 is 4.90 Å². The lowest BCUT2D eigenvalue weighted by atomic mass is 10.1. The number of pyridine rings is 1. The van der Waals surface area contributed by atoms with Gasteiger partial charge in [0.05, 0.1) is 6.54 Å². The van der Waals surface area contributed by atoms with Gasteiger partial charge in [-0.2, -0.15) is 0 Å². The fraction of sp³-hybridized carbons (Fsp3) is 0.500. The molecule has 0 radical (unpaired) electrons. The van der Waals surface area contributed by atoms with Crippen LogP contribution in [0.1, 0.15) is 18.4 Å². The van der Waals surface area contributed by atoms with Crippen LogP contribution in [-0.4, -0.2) is 35.1 Å². The lowest BCUT2D eigenvalue weighted by Crippen LogP contribution is -2.29. The molecule has 0 aliphatic carbocycles. The molecule has 86 valence electrons. The monoisotopic (exact) mass is 222 g/mol. The first-order chi connectivity index (χ1) is 7.75. The Kier molecular flexibility index (Phi) is 3.49. The van der Waals surface area contributed by atoms with Crippen LogP contribution in [0, 0.1) is 0 Å². The van der Waals surface area contributed by atoms with Crippen LogP contribution in [0.2, 0.25) is 0 Å². The number of amides is 1. The van der Waals surface area contributed by atoms with E-state index in [4.69, 9.17) is 0 Å². The van der Waals surface area contributed by atoms with E-state index in [-0.39, 0.29) is 12.5 Å². The van der Waals surface area contributed by atoms with Crippen molar-refractivity contribution >= 4 is 5.91 Å². The molecule has 4 heteroatoms. The summed E-state index contributed by atoms with van der Waals surface area (Å²) in [6.45, 7) is 0.839. The van der Waals surface area contributed by atoms with Crippen LogP contribution >= 0.6 is 0 Å². The van der Waals surface area contributed by atoms with Gasteiger partial charge >= 0.3 is 0 Å². The first-order valence-electron chi connectivity index (χ1n) is 5.56. The molecule has 1 amide bonds. The van der Waals surface area contributed by atoms with E-state index in [2.05, 4.69) is 4.98 Å². The summed E-state index contributed by atoms with van der Waals surface area (Å²) in [5, 5.41) is 0. The topological polar surface area (TPSA) is 33.2 Å². The third-order valence-corrected chi connectivity index (χ3v) is 2.86. The molecule has 0 aromatic carbocycles. The summed E-state index contributed by atoms with van der Waals surface area (Å²) in [5.41, 5.74) is 1.10. The van der Waals surface area contributed by atoms with Crippen LogP contribution in [0.5, 0.6) is 0 Å². The van der Waals surface area contributed by atoms with Gasteiger partial charge in [0.25, 0.3) is 0 Å². The van der Waals surface area contributed by atoms with E-state index < -0.39 is 6.17 Å². The molecule has 2 rings (SSSR count). The van der Waals surface area contributed by atoms with Gasteiger partial charge in [-0.05, 0) is 30.5 Å². The van der Waals surface area contributed by atoms with Crippen molar-refractivity contribution in [3.05, 3.63) is 30.1 Å². The van der Waals surface area contributed by atoms with Crippen molar-refractivity contribution in [2.75, 3.05) is 13.1 Å². The second kappa shape index (κ2) is 5.05. The van der Waals surface area contributed by atoms with Crippen LogP contribution in [0.15, 0.2) is 24.5 Å². The second-order valence-electron chi connectivity index (χ2n) is 4.08. The fourth-order valence-electron chi connectivity index (χ4n) is 1.90. The Labute approximate surface area is 94.3 Å². The molecule has 0 spiro atoms. The Hall–Kier alpha value is -1.45. The summed E-state index contributed by atoms with van der Waals surface area (Å²) < 4.78 is 12.9. The highest BCUT2D eigenvalue weighted by atomic mass is 19.1. The van der Waals surface area contributed by atoms with E-state index in [0.717, 1.165) is 5.56 Å². The fourth-order valence-corrected chi connectivity index (χ4v) is 1.90.